The first-order chi connectivity index (χ1) is 12.7. The van der Waals surface area contributed by atoms with Crippen molar-refractivity contribution in [3.05, 3.63) is 29.8 Å². The lowest BCUT2D eigenvalue weighted by Gasteiger charge is -2.56. The van der Waals surface area contributed by atoms with Crippen LogP contribution in [0.25, 0.3) is 0 Å². The lowest BCUT2D eigenvalue weighted by molar-refractivity contribution is -0.142. The Morgan fingerprint density at radius 2 is 1.96 bits per heavy atom. The number of hydrogen-bond acceptors (Lipinski definition) is 4. The second-order valence-corrected chi connectivity index (χ2v) is 9.34. The molecule has 1 aromatic carbocycles. The van der Waals surface area contributed by atoms with Gasteiger partial charge in [0.2, 0.25) is 5.91 Å². The van der Waals surface area contributed by atoms with E-state index in [1.807, 2.05) is 36.0 Å². The van der Waals surface area contributed by atoms with Crippen LogP contribution in [0.2, 0.25) is 0 Å². The molecule has 2 aliphatic heterocycles. The van der Waals surface area contributed by atoms with E-state index in [9.17, 15) is 9.59 Å². The van der Waals surface area contributed by atoms with E-state index in [-0.39, 0.29) is 17.5 Å². The number of para-hydroxylation sites is 1. The number of thioether (sulfide) groups is 1. The van der Waals surface area contributed by atoms with E-state index < -0.39 is 0 Å². The maximum absolute atomic E-state index is 13.1. The molecule has 1 spiro atoms. The Hall–Kier alpha value is -1.69. The summed E-state index contributed by atoms with van der Waals surface area (Å²) in [6.07, 6.45) is 3.93. The molecule has 4 atom stereocenters. The van der Waals surface area contributed by atoms with Gasteiger partial charge in [-0.3, -0.25) is 9.59 Å². The van der Waals surface area contributed by atoms with E-state index in [0.29, 0.717) is 17.7 Å². The van der Waals surface area contributed by atoms with Gasteiger partial charge in [0, 0.05) is 42.1 Å². The summed E-state index contributed by atoms with van der Waals surface area (Å²) in [5.74, 6) is 3.31. The van der Waals surface area contributed by atoms with Crippen LogP contribution in [0.15, 0.2) is 24.3 Å². The van der Waals surface area contributed by atoms with Crippen molar-refractivity contribution in [3.63, 3.8) is 0 Å². The third-order valence-electron chi connectivity index (χ3n) is 6.78. The van der Waals surface area contributed by atoms with Crippen LogP contribution in [-0.4, -0.2) is 47.0 Å². The van der Waals surface area contributed by atoms with Crippen LogP contribution in [0.5, 0.6) is 0 Å². The molecule has 2 N–H and O–H groups in total. The van der Waals surface area contributed by atoms with Gasteiger partial charge in [0.15, 0.2) is 0 Å². The molecule has 0 unspecified atom stereocenters. The summed E-state index contributed by atoms with van der Waals surface area (Å²) in [6, 6.07) is 7.73. The van der Waals surface area contributed by atoms with Crippen molar-refractivity contribution in [3.8, 4) is 0 Å². The van der Waals surface area contributed by atoms with Gasteiger partial charge in [-0.25, -0.2) is 0 Å². The summed E-state index contributed by atoms with van der Waals surface area (Å²) in [5.41, 5.74) is 1.28. The van der Waals surface area contributed by atoms with E-state index in [4.69, 9.17) is 0 Å². The van der Waals surface area contributed by atoms with Crippen molar-refractivity contribution in [2.24, 2.45) is 17.8 Å². The standard InChI is InChI=1S/C20H25N3O2S/c24-18-15-3-1-2-4-17(15)21-20(22-18)12-13-5-6-14(20)11-16(13)19(25)23-7-9-26-10-8-23/h1-4,13-14,16,21H,5-12H2,(H,22,24)/t13-,14+,16+,20+/m1/s1. The van der Waals surface area contributed by atoms with Gasteiger partial charge in [-0.05, 0) is 43.7 Å². The number of fused-ring (bicyclic) bond motifs is 3. The molecule has 5 nitrogen and oxygen atoms in total. The summed E-state index contributed by atoms with van der Waals surface area (Å²) < 4.78 is 0. The van der Waals surface area contributed by atoms with Crippen LogP contribution in [0.4, 0.5) is 5.69 Å². The van der Waals surface area contributed by atoms with E-state index >= 15 is 0 Å². The zero-order valence-electron chi connectivity index (χ0n) is 14.9. The highest BCUT2D eigenvalue weighted by molar-refractivity contribution is 7.99. The fourth-order valence-electron chi connectivity index (χ4n) is 5.46. The van der Waals surface area contributed by atoms with Crippen molar-refractivity contribution in [2.75, 3.05) is 29.9 Å². The van der Waals surface area contributed by atoms with Crippen LogP contribution >= 0.6 is 11.8 Å². The Morgan fingerprint density at radius 3 is 2.73 bits per heavy atom. The minimum absolute atomic E-state index is 0.0165. The zero-order chi connectivity index (χ0) is 17.7. The first-order valence-electron chi connectivity index (χ1n) is 9.72. The number of nitrogens with zero attached hydrogens (tertiary/aromatic N) is 1. The quantitative estimate of drug-likeness (QED) is 0.796. The van der Waals surface area contributed by atoms with Crippen LogP contribution in [-0.2, 0) is 4.79 Å². The van der Waals surface area contributed by atoms with Crippen LogP contribution in [0, 0.1) is 17.8 Å². The number of nitrogens with one attached hydrogen (secondary N) is 2. The lowest BCUT2D eigenvalue weighted by atomic mass is 9.58. The number of rotatable bonds is 1. The van der Waals surface area contributed by atoms with Crippen LogP contribution in [0.1, 0.15) is 36.0 Å². The van der Waals surface area contributed by atoms with Gasteiger partial charge < -0.3 is 15.5 Å². The second kappa shape index (κ2) is 6.19. The highest BCUT2D eigenvalue weighted by atomic mass is 32.2. The highest BCUT2D eigenvalue weighted by Crippen LogP contribution is 2.52. The Morgan fingerprint density at radius 1 is 1.15 bits per heavy atom. The monoisotopic (exact) mass is 371 g/mol. The van der Waals surface area contributed by atoms with E-state index in [1.165, 1.54) is 0 Å². The minimum Gasteiger partial charge on any atom is -0.362 e. The average molecular weight is 372 g/mol. The Labute approximate surface area is 158 Å². The van der Waals surface area contributed by atoms with Gasteiger partial charge in [0.1, 0.15) is 5.66 Å². The molecule has 138 valence electrons. The maximum Gasteiger partial charge on any atom is 0.255 e. The highest BCUT2D eigenvalue weighted by Gasteiger charge is 2.55. The molecule has 2 amide bonds. The molecular weight excluding hydrogens is 346 g/mol. The molecule has 6 heteroatoms. The Balaban J connectivity index is 1.38. The maximum atomic E-state index is 13.1. The molecule has 0 radical (unpaired) electrons. The van der Waals surface area contributed by atoms with Crippen molar-refractivity contribution >= 4 is 29.3 Å². The first-order valence-corrected chi connectivity index (χ1v) is 10.9. The fourth-order valence-corrected chi connectivity index (χ4v) is 6.37. The molecule has 2 bridgehead atoms. The lowest BCUT2D eigenvalue weighted by Crippen LogP contribution is -2.68. The smallest absolute Gasteiger partial charge is 0.255 e. The van der Waals surface area contributed by atoms with Gasteiger partial charge >= 0.3 is 0 Å². The molecule has 5 aliphatic rings. The molecule has 4 fully saturated rings. The third kappa shape index (κ3) is 2.53. The van der Waals surface area contributed by atoms with Crippen molar-refractivity contribution in [1.29, 1.82) is 0 Å². The van der Waals surface area contributed by atoms with E-state index in [1.54, 1.807) is 0 Å². The number of benzene rings is 1. The Kier molecular flexibility index (Phi) is 3.92. The van der Waals surface area contributed by atoms with Gasteiger partial charge in [-0.15, -0.1) is 0 Å². The van der Waals surface area contributed by atoms with Crippen LogP contribution in [0.3, 0.4) is 0 Å². The third-order valence-corrected chi connectivity index (χ3v) is 7.72. The number of carbonyl (C=O) groups is 2. The molecule has 1 saturated heterocycles. The summed E-state index contributed by atoms with van der Waals surface area (Å²) >= 11 is 1.94. The molecule has 1 aromatic rings. The fraction of sp³-hybridized carbons (Fsp3) is 0.600. The van der Waals surface area contributed by atoms with Crippen molar-refractivity contribution < 1.29 is 9.59 Å². The first kappa shape index (κ1) is 16.5. The molecular formula is C20H25N3O2S. The largest absolute Gasteiger partial charge is 0.362 e. The number of anilines is 1. The molecule has 3 aliphatic carbocycles. The zero-order valence-corrected chi connectivity index (χ0v) is 15.7. The molecule has 26 heavy (non-hydrogen) atoms. The molecule has 0 aromatic heterocycles. The number of carbonyl (C=O) groups excluding carboxylic acids is 2. The molecule has 2 heterocycles. The van der Waals surface area contributed by atoms with Gasteiger partial charge in [0.05, 0.1) is 5.56 Å². The van der Waals surface area contributed by atoms with Gasteiger partial charge in [0.25, 0.3) is 5.91 Å². The molecule has 3 saturated carbocycles. The number of hydrogen-bond donors (Lipinski definition) is 2. The second-order valence-electron chi connectivity index (χ2n) is 8.11. The predicted octanol–water partition coefficient (Wildman–Crippen LogP) is 2.55. The van der Waals surface area contributed by atoms with Crippen molar-refractivity contribution in [2.45, 2.75) is 31.3 Å². The molecule has 6 rings (SSSR count). The van der Waals surface area contributed by atoms with E-state index in [0.717, 1.165) is 61.5 Å². The summed E-state index contributed by atoms with van der Waals surface area (Å²) in [5, 5.41) is 6.93. The number of amides is 2. The summed E-state index contributed by atoms with van der Waals surface area (Å²) in [7, 11) is 0. The SMILES string of the molecule is O=C1N[C@]2(C[C@H]3CC[C@H]2C[C@@H]3C(=O)N2CCSCC2)Nc2ccccc21. The Bertz CT molecular complexity index is 748. The van der Waals surface area contributed by atoms with Gasteiger partial charge in [-0.1, -0.05) is 12.1 Å². The topological polar surface area (TPSA) is 61.4 Å². The van der Waals surface area contributed by atoms with E-state index in [2.05, 4.69) is 15.5 Å². The average Bonchev–Trinajstić information content (AvgIpc) is 2.68. The van der Waals surface area contributed by atoms with Crippen LogP contribution < -0.4 is 10.6 Å². The van der Waals surface area contributed by atoms with Gasteiger partial charge in [-0.2, -0.15) is 11.8 Å². The summed E-state index contributed by atoms with van der Waals surface area (Å²) in [4.78, 5) is 27.8. The van der Waals surface area contributed by atoms with Crippen molar-refractivity contribution in [1.82, 2.24) is 10.2 Å². The summed E-state index contributed by atoms with van der Waals surface area (Å²) in [6.45, 7) is 1.79. The minimum atomic E-state index is -0.372. The predicted molar refractivity (Wildman–Crippen MR) is 103 cm³/mol. The normalized spacial score (nSPS) is 35.6.